The minimum absolute atomic E-state index is 0.254. The van der Waals surface area contributed by atoms with Gasteiger partial charge in [-0.2, -0.15) is 5.10 Å². The van der Waals surface area contributed by atoms with Gasteiger partial charge < -0.3 is 5.73 Å². The number of aromatic nitrogens is 2. The summed E-state index contributed by atoms with van der Waals surface area (Å²) in [7, 11) is 0. The minimum Gasteiger partial charge on any atom is -0.382 e. The molecule has 21 heavy (non-hydrogen) atoms. The second-order valence-corrected chi connectivity index (χ2v) is 5.36. The minimum atomic E-state index is -0.270. The molecule has 104 valence electrons. The molecule has 0 radical (unpaired) electrons. The first-order chi connectivity index (χ1) is 10.2. The molecule has 1 aliphatic carbocycles. The van der Waals surface area contributed by atoms with Gasteiger partial charge in [0.1, 0.15) is 5.82 Å². The van der Waals surface area contributed by atoms with Gasteiger partial charge in [0, 0.05) is 11.5 Å². The number of H-pyrrole nitrogens is 1. The maximum Gasteiger partial charge on any atom is 0.153 e. The Morgan fingerprint density at radius 3 is 2.81 bits per heavy atom. The Morgan fingerprint density at radius 2 is 2.00 bits per heavy atom. The fourth-order valence-corrected chi connectivity index (χ4v) is 3.09. The molecule has 1 aliphatic rings. The van der Waals surface area contributed by atoms with Crippen LogP contribution >= 0.6 is 0 Å². The summed E-state index contributed by atoms with van der Waals surface area (Å²) >= 11 is 0. The van der Waals surface area contributed by atoms with Crippen LogP contribution in [-0.2, 0) is 6.42 Å². The van der Waals surface area contributed by atoms with Crippen LogP contribution in [0.1, 0.15) is 22.7 Å². The molecule has 0 saturated carbocycles. The van der Waals surface area contributed by atoms with Crippen LogP contribution in [-0.4, -0.2) is 10.2 Å². The largest absolute Gasteiger partial charge is 0.382 e. The summed E-state index contributed by atoms with van der Waals surface area (Å²) in [5.41, 5.74) is 11.2. The van der Waals surface area contributed by atoms with Gasteiger partial charge in [0.05, 0.1) is 5.69 Å². The van der Waals surface area contributed by atoms with Crippen molar-refractivity contribution in [2.45, 2.75) is 12.3 Å². The van der Waals surface area contributed by atoms with Crippen LogP contribution in [0.3, 0.4) is 0 Å². The highest BCUT2D eigenvalue weighted by Crippen LogP contribution is 2.44. The molecular formula is C17H14FN3. The lowest BCUT2D eigenvalue weighted by atomic mass is 9.74. The zero-order chi connectivity index (χ0) is 14.4. The zero-order valence-corrected chi connectivity index (χ0v) is 11.3. The van der Waals surface area contributed by atoms with Crippen molar-refractivity contribution in [1.29, 1.82) is 0 Å². The highest BCUT2D eigenvalue weighted by molar-refractivity contribution is 5.78. The van der Waals surface area contributed by atoms with Crippen molar-refractivity contribution in [1.82, 2.24) is 10.2 Å². The molecule has 1 aromatic heterocycles. The molecule has 3 N–H and O–H groups in total. The average Bonchev–Trinajstić information content (AvgIpc) is 2.82. The summed E-state index contributed by atoms with van der Waals surface area (Å²) in [4.78, 5) is 0. The van der Waals surface area contributed by atoms with Gasteiger partial charge in [-0.25, -0.2) is 4.39 Å². The second kappa shape index (κ2) is 4.45. The van der Waals surface area contributed by atoms with Gasteiger partial charge in [-0.15, -0.1) is 0 Å². The smallest absolute Gasteiger partial charge is 0.153 e. The van der Waals surface area contributed by atoms with Gasteiger partial charge in [-0.3, -0.25) is 5.10 Å². The highest BCUT2D eigenvalue weighted by Gasteiger charge is 2.31. The summed E-state index contributed by atoms with van der Waals surface area (Å²) in [6.45, 7) is 0. The first-order valence-corrected chi connectivity index (χ1v) is 6.91. The third-order valence-corrected chi connectivity index (χ3v) is 4.14. The first kappa shape index (κ1) is 12.1. The molecule has 3 nitrogen and oxygen atoms in total. The summed E-state index contributed by atoms with van der Waals surface area (Å²) < 4.78 is 13.5. The molecule has 4 rings (SSSR count). The van der Waals surface area contributed by atoms with Crippen LogP contribution in [0, 0.1) is 5.82 Å². The molecular weight excluding hydrogens is 265 g/mol. The van der Waals surface area contributed by atoms with E-state index in [-0.39, 0.29) is 11.7 Å². The molecule has 1 unspecified atom stereocenters. The number of rotatable bonds is 2. The predicted octanol–water partition coefficient (Wildman–Crippen LogP) is 3.49. The van der Waals surface area contributed by atoms with Gasteiger partial charge in [0.15, 0.2) is 5.82 Å². The lowest BCUT2D eigenvalue weighted by molar-refractivity contribution is 0.628. The lowest BCUT2D eigenvalue weighted by Gasteiger charge is -2.30. The van der Waals surface area contributed by atoms with E-state index in [1.807, 2.05) is 18.2 Å². The standard InChI is InChI=1S/C17H14FN3/c18-12-6-3-5-11(8-12)15-16(20-21-17(15)19)14-9-10-4-1-2-7-13(10)14/h1-8,14H,9H2,(H3,19,20,21). The van der Waals surface area contributed by atoms with Crippen molar-refractivity contribution in [2.24, 2.45) is 0 Å². The number of nitrogen functional groups attached to an aromatic ring is 1. The maximum atomic E-state index is 13.5. The number of aromatic amines is 1. The molecule has 4 heteroatoms. The third-order valence-electron chi connectivity index (χ3n) is 4.14. The van der Waals surface area contributed by atoms with Crippen molar-refractivity contribution in [2.75, 3.05) is 5.73 Å². The normalized spacial score (nSPS) is 16.3. The topological polar surface area (TPSA) is 54.7 Å². The number of anilines is 1. The number of hydrogen-bond acceptors (Lipinski definition) is 2. The van der Waals surface area contributed by atoms with E-state index in [0.717, 1.165) is 23.2 Å². The number of halogens is 1. The van der Waals surface area contributed by atoms with E-state index >= 15 is 0 Å². The molecule has 0 fully saturated rings. The van der Waals surface area contributed by atoms with E-state index in [4.69, 9.17) is 5.73 Å². The van der Waals surface area contributed by atoms with Crippen LogP contribution in [0.5, 0.6) is 0 Å². The monoisotopic (exact) mass is 279 g/mol. The maximum absolute atomic E-state index is 13.5. The number of hydrogen-bond donors (Lipinski definition) is 2. The van der Waals surface area contributed by atoms with E-state index in [0.29, 0.717) is 5.82 Å². The molecule has 0 bridgehead atoms. The Labute approximate surface area is 121 Å². The van der Waals surface area contributed by atoms with Gasteiger partial charge in [0.25, 0.3) is 0 Å². The zero-order valence-electron chi connectivity index (χ0n) is 11.3. The molecule has 2 aromatic carbocycles. The number of nitrogens with zero attached hydrogens (tertiary/aromatic N) is 1. The number of fused-ring (bicyclic) bond motifs is 1. The van der Waals surface area contributed by atoms with E-state index < -0.39 is 0 Å². The van der Waals surface area contributed by atoms with Gasteiger partial charge in [0.2, 0.25) is 0 Å². The molecule has 0 spiro atoms. The number of benzene rings is 2. The van der Waals surface area contributed by atoms with E-state index in [9.17, 15) is 4.39 Å². The number of nitrogens with two attached hydrogens (primary N) is 1. The third kappa shape index (κ3) is 1.83. The van der Waals surface area contributed by atoms with E-state index in [2.05, 4.69) is 22.3 Å². The van der Waals surface area contributed by atoms with Gasteiger partial charge in [-0.1, -0.05) is 36.4 Å². The average molecular weight is 279 g/mol. The van der Waals surface area contributed by atoms with Gasteiger partial charge in [-0.05, 0) is 35.2 Å². The van der Waals surface area contributed by atoms with Crippen LogP contribution in [0.25, 0.3) is 11.1 Å². The van der Waals surface area contributed by atoms with Crippen molar-refractivity contribution in [3.05, 3.63) is 71.2 Å². The fraction of sp³-hybridized carbons (Fsp3) is 0.118. The van der Waals surface area contributed by atoms with Crippen molar-refractivity contribution < 1.29 is 4.39 Å². The van der Waals surface area contributed by atoms with Crippen molar-refractivity contribution in [3.8, 4) is 11.1 Å². The lowest BCUT2D eigenvalue weighted by Crippen LogP contribution is -2.19. The van der Waals surface area contributed by atoms with Crippen LogP contribution < -0.4 is 5.73 Å². The van der Waals surface area contributed by atoms with Crippen LogP contribution in [0.15, 0.2) is 48.5 Å². The Bertz CT molecular complexity index is 822. The summed E-state index contributed by atoms with van der Waals surface area (Å²) in [6.07, 6.45) is 0.958. The van der Waals surface area contributed by atoms with E-state index in [1.165, 1.54) is 23.3 Å². The van der Waals surface area contributed by atoms with Crippen LogP contribution in [0.2, 0.25) is 0 Å². The van der Waals surface area contributed by atoms with Crippen molar-refractivity contribution >= 4 is 5.82 Å². The summed E-state index contributed by atoms with van der Waals surface area (Å²) in [5.74, 6) is 0.400. The molecule has 0 aliphatic heterocycles. The van der Waals surface area contributed by atoms with Crippen molar-refractivity contribution in [3.63, 3.8) is 0 Å². The number of nitrogens with one attached hydrogen (secondary N) is 1. The predicted molar refractivity (Wildman–Crippen MR) is 80.4 cm³/mol. The summed E-state index contributed by atoms with van der Waals surface area (Å²) in [5, 5.41) is 7.17. The Morgan fingerprint density at radius 1 is 1.14 bits per heavy atom. The molecule has 1 atom stereocenters. The summed E-state index contributed by atoms with van der Waals surface area (Å²) in [6, 6.07) is 14.8. The van der Waals surface area contributed by atoms with Gasteiger partial charge >= 0.3 is 0 Å². The fourth-order valence-electron chi connectivity index (χ4n) is 3.09. The molecule has 1 heterocycles. The molecule has 3 aromatic rings. The second-order valence-electron chi connectivity index (χ2n) is 5.36. The Hall–Kier alpha value is -2.62. The Balaban J connectivity index is 1.83. The molecule has 0 saturated heterocycles. The Kier molecular flexibility index (Phi) is 2.57. The van der Waals surface area contributed by atoms with Crippen LogP contribution in [0.4, 0.5) is 10.2 Å². The molecule has 0 amide bonds. The SMILES string of the molecule is Nc1n[nH]c(C2Cc3ccccc32)c1-c1cccc(F)c1. The first-order valence-electron chi connectivity index (χ1n) is 6.91. The quantitative estimate of drug-likeness (QED) is 0.754. The highest BCUT2D eigenvalue weighted by atomic mass is 19.1. The van der Waals surface area contributed by atoms with E-state index in [1.54, 1.807) is 6.07 Å².